The Morgan fingerprint density at radius 2 is 2.27 bits per heavy atom. The van der Waals surface area contributed by atoms with Crippen molar-refractivity contribution in [2.75, 3.05) is 0 Å². The van der Waals surface area contributed by atoms with Gasteiger partial charge in [-0.1, -0.05) is 12.2 Å². The van der Waals surface area contributed by atoms with E-state index < -0.39 is 10.4 Å². The first-order chi connectivity index (χ1) is 5.08. The first-order valence-electron chi connectivity index (χ1n) is 3.10. The second-order valence-corrected chi connectivity index (χ2v) is 3.13. The number of rotatable bonds is 2. The van der Waals surface area contributed by atoms with Gasteiger partial charge < -0.3 is 4.18 Å². The van der Waals surface area contributed by atoms with Crippen molar-refractivity contribution in [3.8, 4) is 0 Å². The molecule has 1 rings (SSSR count). The fraction of sp³-hybridized carbons (Fsp3) is 0.333. The second-order valence-electron chi connectivity index (χ2n) is 2.11. The largest absolute Gasteiger partial charge is 0.446 e. The molecular weight excluding hydrogens is 168 g/mol. The van der Waals surface area contributed by atoms with Gasteiger partial charge in [0, 0.05) is 6.42 Å². The van der Waals surface area contributed by atoms with Gasteiger partial charge in [0.05, 0.1) is 0 Å². The van der Waals surface area contributed by atoms with E-state index in [2.05, 4.69) is 4.18 Å². The molecule has 0 amide bonds. The van der Waals surface area contributed by atoms with Crippen LogP contribution in [0.3, 0.4) is 0 Å². The highest BCUT2D eigenvalue weighted by Gasteiger charge is 2.09. The van der Waals surface area contributed by atoms with Crippen molar-refractivity contribution >= 4 is 10.4 Å². The zero-order valence-corrected chi connectivity index (χ0v) is 6.54. The van der Waals surface area contributed by atoms with E-state index in [9.17, 15) is 8.42 Å². The van der Waals surface area contributed by atoms with Gasteiger partial charge in [0.15, 0.2) is 0 Å². The SMILES string of the molecule is O=S(=O)(O)OC1=CC=CCC1. The summed E-state index contributed by atoms with van der Waals surface area (Å²) in [5, 5.41) is 0. The summed E-state index contributed by atoms with van der Waals surface area (Å²) < 4.78 is 32.8. The maximum atomic E-state index is 10.2. The predicted molar refractivity (Wildman–Crippen MR) is 39.1 cm³/mol. The Balaban J connectivity index is 2.63. The van der Waals surface area contributed by atoms with Crippen LogP contribution in [0.2, 0.25) is 0 Å². The molecule has 0 heterocycles. The topological polar surface area (TPSA) is 63.6 Å². The standard InChI is InChI=1S/C6H8O4S/c7-11(8,9)10-6-4-2-1-3-5-6/h1-2,4H,3,5H2,(H,7,8,9). The van der Waals surface area contributed by atoms with E-state index in [0.29, 0.717) is 6.42 Å². The Kier molecular flexibility index (Phi) is 2.31. The zero-order chi connectivity index (χ0) is 8.32. The van der Waals surface area contributed by atoms with Crippen LogP contribution in [0.25, 0.3) is 0 Å². The van der Waals surface area contributed by atoms with Gasteiger partial charge in [-0.2, -0.15) is 8.42 Å². The minimum atomic E-state index is -4.33. The Labute approximate surface area is 65.1 Å². The van der Waals surface area contributed by atoms with Crippen LogP contribution in [0.5, 0.6) is 0 Å². The lowest BCUT2D eigenvalue weighted by atomic mass is 10.2. The summed E-state index contributed by atoms with van der Waals surface area (Å²) in [5.41, 5.74) is 0. The molecule has 0 spiro atoms. The van der Waals surface area contributed by atoms with Crippen LogP contribution in [0, 0.1) is 0 Å². The fourth-order valence-corrected chi connectivity index (χ4v) is 1.19. The van der Waals surface area contributed by atoms with E-state index in [1.165, 1.54) is 6.08 Å². The van der Waals surface area contributed by atoms with Crippen molar-refractivity contribution in [3.05, 3.63) is 24.0 Å². The molecule has 4 nitrogen and oxygen atoms in total. The van der Waals surface area contributed by atoms with Crippen LogP contribution in [-0.4, -0.2) is 13.0 Å². The summed E-state index contributed by atoms with van der Waals surface area (Å²) in [4.78, 5) is 0. The summed E-state index contributed by atoms with van der Waals surface area (Å²) in [6.45, 7) is 0. The van der Waals surface area contributed by atoms with Gasteiger partial charge in [-0.3, -0.25) is 4.55 Å². The monoisotopic (exact) mass is 176 g/mol. The Hall–Kier alpha value is -0.810. The lowest BCUT2D eigenvalue weighted by Gasteiger charge is -2.06. The van der Waals surface area contributed by atoms with E-state index in [4.69, 9.17) is 4.55 Å². The molecule has 0 aromatic rings. The predicted octanol–water partition coefficient (Wildman–Crippen LogP) is 1.04. The molecule has 0 atom stereocenters. The Morgan fingerprint density at radius 3 is 2.73 bits per heavy atom. The van der Waals surface area contributed by atoms with E-state index in [1.54, 1.807) is 6.08 Å². The van der Waals surface area contributed by atoms with E-state index in [-0.39, 0.29) is 5.76 Å². The number of hydrogen-bond acceptors (Lipinski definition) is 3. The van der Waals surface area contributed by atoms with Gasteiger partial charge >= 0.3 is 10.4 Å². The molecule has 62 valence electrons. The molecule has 1 aliphatic rings. The number of hydrogen-bond donors (Lipinski definition) is 1. The van der Waals surface area contributed by atoms with Crippen molar-refractivity contribution in [1.82, 2.24) is 0 Å². The molecule has 0 saturated heterocycles. The van der Waals surface area contributed by atoms with Gasteiger partial charge in [0.1, 0.15) is 5.76 Å². The van der Waals surface area contributed by atoms with Crippen molar-refractivity contribution in [3.63, 3.8) is 0 Å². The fourth-order valence-electron chi connectivity index (χ4n) is 0.785. The smallest absolute Gasteiger partial charge is 0.366 e. The summed E-state index contributed by atoms with van der Waals surface area (Å²) in [6, 6.07) is 0. The zero-order valence-electron chi connectivity index (χ0n) is 5.73. The third-order valence-electron chi connectivity index (χ3n) is 1.19. The van der Waals surface area contributed by atoms with E-state index in [0.717, 1.165) is 6.42 Å². The van der Waals surface area contributed by atoms with Crippen LogP contribution < -0.4 is 0 Å². The first-order valence-corrected chi connectivity index (χ1v) is 4.47. The molecule has 5 heteroatoms. The molecule has 0 aromatic carbocycles. The molecule has 0 unspecified atom stereocenters. The molecule has 11 heavy (non-hydrogen) atoms. The van der Waals surface area contributed by atoms with Crippen molar-refractivity contribution in [2.45, 2.75) is 12.8 Å². The summed E-state index contributed by atoms with van der Waals surface area (Å²) in [5.74, 6) is 0.273. The molecule has 0 aromatic heterocycles. The van der Waals surface area contributed by atoms with E-state index >= 15 is 0 Å². The molecule has 0 fully saturated rings. The van der Waals surface area contributed by atoms with Crippen LogP contribution >= 0.6 is 0 Å². The molecular formula is C6H8O4S. The van der Waals surface area contributed by atoms with Gasteiger partial charge in [-0.25, -0.2) is 0 Å². The molecule has 0 radical (unpaired) electrons. The molecule has 1 N–H and O–H groups in total. The highest BCUT2D eigenvalue weighted by atomic mass is 32.3. The third-order valence-corrected chi connectivity index (χ3v) is 1.61. The average Bonchev–Trinajstić information content (AvgIpc) is 1.85. The molecule has 1 aliphatic carbocycles. The molecule has 0 saturated carbocycles. The number of allylic oxidation sites excluding steroid dienone is 4. The first kappa shape index (κ1) is 8.29. The Bertz CT molecular complexity index is 286. The summed E-state index contributed by atoms with van der Waals surface area (Å²) in [6.07, 6.45) is 6.33. The van der Waals surface area contributed by atoms with Crippen LogP contribution in [0.15, 0.2) is 24.0 Å². The maximum Gasteiger partial charge on any atom is 0.446 e. The maximum absolute atomic E-state index is 10.2. The third kappa shape index (κ3) is 3.20. The van der Waals surface area contributed by atoms with Crippen molar-refractivity contribution < 1.29 is 17.2 Å². The summed E-state index contributed by atoms with van der Waals surface area (Å²) in [7, 11) is -4.33. The highest BCUT2D eigenvalue weighted by Crippen LogP contribution is 2.14. The quantitative estimate of drug-likeness (QED) is 0.638. The lowest BCUT2D eigenvalue weighted by molar-refractivity contribution is 0.322. The second kappa shape index (κ2) is 3.06. The Morgan fingerprint density at radius 1 is 1.55 bits per heavy atom. The van der Waals surface area contributed by atoms with Crippen LogP contribution in [0.4, 0.5) is 0 Å². The van der Waals surface area contributed by atoms with Gasteiger partial charge in [0.2, 0.25) is 0 Å². The van der Waals surface area contributed by atoms with Gasteiger partial charge in [0.25, 0.3) is 0 Å². The minimum Gasteiger partial charge on any atom is -0.366 e. The average molecular weight is 176 g/mol. The van der Waals surface area contributed by atoms with Gasteiger partial charge in [-0.05, 0) is 12.5 Å². The highest BCUT2D eigenvalue weighted by molar-refractivity contribution is 7.81. The van der Waals surface area contributed by atoms with Gasteiger partial charge in [-0.15, -0.1) is 0 Å². The summed E-state index contributed by atoms with van der Waals surface area (Å²) >= 11 is 0. The lowest BCUT2D eigenvalue weighted by Crippen LogP contribution is -2.04. The molecule has 0 bridgehead atoms. The van der Waals surface area contributed by atoms with Crippen LogP contribution in [-0.2, 0) is 14.6 Å². The normalized spacial score (nSPS) is 17.7. The van der Waals surface area contributed by atoms with E-state index in [1.807, 2.05) is 6.08 Å². The van der Waals surface area contributed by atoms with Crippen LogP contribution in [0.1, 0.15) is 12.8 Å². The van der Waals surface area contributed by atoms with Crippen molar-refractivity contribution in [1.29, 1.82) is 0 Å². The molecule has 0 aliphatic heterocycles. The minimum absolute atomic E-state index is 0.273. The van der Waals surface area contributed by atoms with Crippen molar-refractivity contribution in [2.24, 2.45) is 0 Å².